The molecule has 0 radical (unpaired) electrons. The van der Waals surface area contributed by atoms with Crippen LogP contribution >= 0.6 is 0 Å². The largest absolute Gasteiger partial charge is 0.333 e. The number of nitrogens with zero attached hydrogens (tertiary/aromatic N) is 4. The van der Waals surface area contributed by atoms with Crippen LogP contribution in [0.4, 0.5) is 0 Å². The molecule has 1 aliphatic heterocycles. The van der Waals surface area contributed by atoms with E-state index < -0.39 is 0 Å². The molecule has 9 aromatic carbocycles. The van der Waals surface area contributed by atoms with Crippen LogP contribution in [-0.2, 0) is 0 Å². The molecule has 1 atom stereocenters. The summed E-state index contributed by atoms with van der Waals surface area (Å²) < 4.78 is 2.46. The van der Waals surface area contributed by atoms with Crippen LogP contribution in [0.2, 0.25) is 0 Å². The molecule has 4 nitrogen and oxygen atoms in total. The van der Waals surface area contributed by atoms with Crippen molar-refractivity contribution in [2.75, 3.05) is 7.05 Å². The van der Waals surface area contributed by atoms with Gasteiger partial charge in [0.25, 0.3) is 0 Å². The molecule has 0 spiro atoms. The molecule has 0 amide bonds. The SMILES string of the molecule is CN1C(c2ccc3ccccc3c2)=NC(c2ccc(-n3c4ccc5ccccc5c4c4c5ccccc5ccc43)c3ccccc23)=NC1c1ccccc1. The van der Waals surface area contributed by atoms with Crippen molar-refractivity contribution >= 4 is 76.6 Å². The molecule has 2 heterocycles. The van der Waals surface area contributed by atoms with Gasteiger partial charge in [0, 0.05) is 34.3 Å². The molecule has 10 aromatic rings. The van der Waals surface area contributed by atoms with E-state index in [-0.39, 0.29) is 6.17 Å². The van der Waals surface area contributed by atoms with E-state index in [9.17, 15) is 0 Å². The molecule has 1 aromatic heterocycles. The second kappa shape index (κ2) is 12.0. The Hall–Kier alpha value is -7.04. The number of amidine groups is 2. The van der Waals surface area contributed by atoms with Crippen LogP contribution in [0, 0.1) is 0 Å². The van der Waals surface area contributed by atoms with Gasteiger partial charge in [-0.15, -0.1) is 0 Å². The van der Waals surface area contributed by atoms with Crippen molar-refractivity contribution < 1.29 is 0 Å². The molecular weight excluding hydrogens is 657 g/mol. The Morgan fingerprint density at radius 1 is 0.463 bits per heavy atom. The van der Waals surface area contributed by atoms with Gasteiger partial charge in [-0.2, -0.15) is 0 Å². The molecular formula is C50H34N4. The fourth-order valence-electron chi connectivity index (χ4n) is 8.66. The van der Waals surface area contributed by atoms with E-state index >= 15 is 0 Å². The first-order valence-electron chi connectivity index (χ1n) is 18.5. The lowest BCUT2D eigenvalue weighted by Gasteiger charge is -2.32. The van der Waals surface area contributed by atoms with Gasteiger partial charge in [0.2, 0.25) is 0 Å². The molecule has 0 aliphatic carbocycles. The number of hydrogen-bond donors (Lipinski definition) is 0. The Balaban J connectivity index is 1.17. The van der Waals surface area contributed by atoms with Gasteiger partial charge in [0.1, 0.15) is 12.0 Å². The summed E-state index contributed by atoms with van der Waals surface area (Å²) >= 11 is 0. The maximum atomic E-state index is 5.40. The minimum Gasteiger partial charge on any atom is -0.333 e. The van der Waals surface area contributed by atoms with E-state index in [0.29, 0.717) is 0 Å². The maximum Gasteiger partial charge on any atom is 0.160 e. The molecule has 1 unspecified atom stereocenters. The van der Waals surface area contributed by atoms with Gasteiger partial charge in [-0.25, -0.2) is 9.98 Å². The van der Waals surface area contributed by atoms with Gasteiger partial charge in [-0.1, -0.05) is 152 Å². The summed E-state index contributed by atoms with van der Waals surface area (Å²) in [4.78, 5) is 13.0. The van der Waals surface area contributed by atoms with Crippen LogP contribution in [0.15, 0.2) is 192 Å². The molecule has 4 heteroatoms. The van der Waals surface area contributed by atoms with E-state index in [2.05, 4.69) is 199 Å². The van der Waals surface area contributed by atoms with Crippen molar-refractivity contribution in [3.05, 3.63) is 199 Å². The first kappa shape index (κ1) is 30.6. The predicted octanol–water partition coefficient (Wildman–Crippen LogP) is 12.2. The van der Waals surface area contributed by atoms with Gasteiger partial charge in [0.15, 0.2) is 5.84 Å². The number of aliphatic imine (C=N–C) groups is 2. The quantitative estimate of drug-likeness (QED) is 0.181. The summed E-state index contributed by atoms with van der Waals surface area (Å²) in [6.07, 6.45) is -0.238. The van der Waals surface area contributed by atoms with Gasteiger partial charge in [-0.3, -0.25) is 0 Å². The second-order valence-corrected chi connectivity index (χ2v) is 14.2. The number of benzene rings is 9. The zero-order chi connectivity index (χ0) is 35.8. The lowest BCUT2D eigenvalue weighted by atomic mass is 10.00. The van der Waals surface area contributed by atoms with E-state index in [1.165, 1.54) is 54.1 Å². The van der Waals surface area contributed by atoms with Gasteiger partial charge >= 0.3 is 0 Å². The lowest BCUT2D eigenvalue weighted by molar-refractivity contribution is 0.383. The molecule has 0 saturated carbocycles. The zero-order valence-electron chi connectivity index (χ0n) is 29.7. The molecule has 11 rings (SSSR count). The Bertz CT molecular complexity index is 3100. The number of aromatic nitrogens is 1. The second-order valence-electron chi connectivity index (χ2n) is 14.2. The highest BCUT2D eigenvalue weighted by atomic mass is 15.3. The molecule has 1 aliphatic rings. The van der Waals surface area contributed by atoms with Crippen molar-refractivity contribution in [1.82, 2.24) is 9.47 Å². The van der Waals surface area contributed by atoms with Gasteiger partial charge in [-0.05, 0) is 73.6 Å². The number of hydrogen-bond acceptors (Lipinski definition) is 3. The van der Waals surface area contributed by atoms with Crippen molar-refractivity contribution in [2.45, 2.75) is 6.17 Å². The van der Waals surface area contributed by atoms with E-state index in [1.807, 2.05) is 0 Å². The lowest BCUT2D eigenvalue weighted by Crippen LogP contribution is -2.35. The van der Waals surface area contributed by atoms with Crippen LogP contribution < -0.4 is 0 Å². The number of fused-ring (bicyclic) bond motifs is 9. The summed E-state index contributed by atoms with van der Waals surface area (Å²) in [6.45, 7) is 0. The van der Waals surface area contributed by atoms with Crippen molar-refractivity contribution in [1.29, 1.82) is 0 Å². The molecule has 0 N–H and O–H groups in total. The maximum absolute atomic E-state index is 5.40. The van der Waals surface area contributed by atoms with Crippen molar-refractivity contribution in [3.63, 3.8) is 0 Å². The molecule has 0 bridgehead atoms. The smallest absolute Gasteiger partial charge is 0.160 e. The Morgan fingerprint density at radius 3 is 1.70 bits per heavy atom. The van der Waals surface area contributed by atoms with Gasteiger partial charge in [0.05, 0.1) is 16.7 Å². The van der Waals surface area contributed by atoms with Crippen molar-refractivity contribution in [3.8, 4) is 5.69 Å². The third-order valence-corrected chi connectivity index (χ3v) is 11.2. The third-order valence-electron chi connectivity index (χ3n) is 11.2. The molecule has 0 fully saturated rings. The predicted molar refractivity (Wildman–Crippen MR) is 227 cm³/mol. The van der Waals surface area contributed by atoms with Gasteiger partial charge < -0.3 is 9.47 Å². The highest BCUT2D eigenvalue weighted by Crippen LogP contribution is 2.42. The summed E-state index contributed by atoms with van der Waals surface area (Å²) in [5.74, 6) is 1.63. The van der Waals surface area contributed by atoms with Crippen LogP contribution in [-0.4, -0.2) is 28.2 Å². The highest BCUT2D eigenvalue weighted by molar-refractivity contribution is 6.29. The normalized spacial score (nSPS) is 14.8. The summed E-state index contributed by atoms with van der Waals surface area (Å²) in [6, 6.07) is 65.5. The molecule has 54 heavy (non-hydrogen) atoms. The minimum absolute atomic E-state index is 0.238. The Morgan fingerprint density at radius 2 is 1.02 bits per heavy atom. The summed E-state index contributed by atoms with van der Waals surface area (Å²) in [7, 11) is 2.10. The number of rotatable bonds is 4. The minimum atomic E-state index is -0.238. The fraction of sp³-hybridized carbons (Fsp3) is 0.0400. The average Bonchev–Trinajstić information content (AvgIpc) is 3.59. The molecule has 0 saturated heterocycles. The van der Waals surface area contributed by atoms with E-state index in [1.54, 1.807) is 0 Å². The summed E-state index contributed by atoms with van der Waals surface area (Å²) in [5.41, 5.74) is 6.71. The molecule has 254 valence electrons. The fourth-order valence-corrected chi connectivity index (χ4v) is 8.66. The average molecular weight is 691 g/mol. The highest BCUT2D eigenvalue weighted by Gasteiger charge is 2.28. The van der Waals surface area contributed by atoms with Crippen LogP contribution in [0.25, 0.3) is 70.6 Å². The summed E-state index contributed by atoms with van der Waals surface area (Å²) in [5, 5.41) is 12.2. The first-order chi connectivity index (χ1) is 26.7. The Kier molecular flexibility index (Phi) is 6.80. The monoisotopic (exact) mass is 690 g/mol. The topological polar surface area (TPSA) is 32.9 Å². The van der Waals surface area contributed by atoms with E-state index in [0.717, 1.165) is 44.8 Å². The zero-order valence-corrected chi connectivity index (χ0v) is 29.7. The third kappa shape index (κ3) is 4.63. The van der Waals surface area contributed by atoms with E-state index in [4.69, 9.17) is 9.98 Å². The van der Waals surface area contributed by atoms with Crippen LogP contribution in [0.3, 0.4) is 0 Å². The van der Waals surface area contributed by atoms with Crippen molar-refractivity contribution in [2.24, 2.45) is 9.98 Å². The van der Waals surface area contributed by atoms with Crippen LogP contribution in [0.1, 0.15) is 22.9 Å². The van der Waals surface area contributed by atoms with Crippen LogP contribution in [0.5, 0.6) is 0 Å². The standard InChI is InChI=1S/C50H34N4/c1-53-49(35-16-3-2-4-17-35)51-48(52-50(53)37-24-23-32-13-5-6-18-36(32)31-37)42-27-30-43(41-22-12-11-21-40(41)42)54-44-28-25-33-14-7-9-19-38(33)46(44)47-39-20-10-8-15-34(39)26-29-45(47)54/h2-31,49H,1H3. The first-order valence-corrected chi connectivity index (χ1v) is 18.5. The Labute approximate surface area is 312 Å².